The molecule has 1 fully saturated rings. The predicted molar refractivity (Wildman–Crippen MR) is 86.1 cm³/mol. The molecule has 0 spiro atoms. The van der Waals surface area contributed by atoms with Crippen molar-refractivity contribution in [3.63, 3.8) is 0 Å². The van der Waals surface area contributed by atoms with Crippen LogP contribution in [-0.4, -0.2) is 13.2 Å². The third-order valence-corrected chi connectivity index (χ3v) is 5.20. The Kier molecular flexibility index (Phi) is 4.67. The molecule has 0 saturated heterocycles. The van der Waals surface area contributed by atoms with E-state index in [2.05, 4.69) is 46.4 Å². The number of fused-ring (bicyclic) bond motifs is 1. The second-order valence-corrected chi connectivity index (χ2v) is 7.33. The van der Waals surface area contributed by atoms with Crippen LogP contribution < -0.4 is 10.1 Å². The molecule has 0 amide bonds. The number of benzene rings is 1. The van der Waals surface area contributed by atoms with Gasteiger partial charge in [-0.2, -0.15) is 0 Å². The largest absolute Gasteiger partial charge is 0.493 e. The zero-order valence-electron chi connectivity index (χ0n) is 12.2. The van der Waals surface area contributed by atoms with E-state index in [9.17, 15) is 0 Å². The maximum atomic E-state index is 5.88. The number of hydrogen-bond donors (Lipinski definition) is 1. The Bertz CT molecular complexity index is 462. The molecule has 1 saturated carbocycles. The van der Waals surface area contributed by atoms with Gasteiger partial charge in [-0.3, -0.25) is 0 Å². The number of rotatable bonds is 3. The molecule has 1 heterocycles. The second-order valence-electron chi connectivity index (χ2n) is 6.42. The average Bonchev–Trinajstić information content (AvgIpc) is 2.74. The highest BCUT2D eigenvalue weighted by atomic mass is 79.9. The monoisotopic (exact) mass is 337 g/mol. The molecule has 1 aliphatic carbocycles. The summed E-state index contributed by atoms with van der Waals surface area (Å²) in [6.07, 6.45) is 6.50. The number of halogens is 1. The van der Waals surface area contributed by atoms with Crippen molar-refractivity contribution in [2.45, 2.75) is 45.1 Å². The van der Waals surface area contributed by atoms with Gasteiger partial charge in [-0.05, 0) is 56.2 Å². The quantitative estimate of drug-likeness (QED) is 0.863. The molecule has 2 aliphatic rings. The lowest BCUT2D eigenvalue weighted by molar-refractivity contribution is 0.314. The van der Waals surface area contributed by atoms with Crippen LogP contribution in [-0.2, 0) is 0 Å². The molecule has 1 aromatic rings. The van der Waals surface area contributed by atoms with Gasteiger partial charge in [0.15, 0.2) is 0 Å². The normalized spacial score (nSPS) is 29.6. The fourth-order valence-corrected chi connectivity index (χ4v) is 3.92. The van der Waals surface area contributed by atoms with Crippen LogP contribution in [0.5, 0.6) is 5.75 Å². The summed E-state index contributed by atoms with van der Waals surface area (Å²) in [5.74, 6) is 2.84. The van der Waals surface area contributed by atoms with E-state index in [1.54, 1.807) is 0 Å². The lowest BCUT2D eigenvalue weighted by atomic mass is 10.00. The van der Waals surface area contributed by atoms with Gasteiger partial charge in [-0.1, -0.05) is 35.3 Å². The Morgan fingerprint density at radius 1 is 1.30 bits per heavy atom. The van der Waals surface area contributed by atoms with E-state index in [1.165, 1.54) is 31.2 Å². The molecule has 2 nitrogen and oxygen atoms in total. The number of nitrogens with one attached hydrogen (secondary N) is 1. The van der Waals surface area contributed by atoms with Crippen LogP contribution in [0.3, 0.4) is 0 Å². The Hall–Kier alpha value is -0.540. The molecule has 1 N–H and O–H groups in total. The molecule has 3 atom stereocenters. The molecule has 110 valence electrons. The molecule has 3 heteroatoms. The minimum absolute atomic E-state index is 0.455. The van der Waals surface area contributed by atoms with Gasteiger partial charge in [0.25, 0.3) is 0 Å². The van der Waals surface area contributed by atoms with Crippen molar-refractivity contribution in [3.05, 3.63) is 28.2 Å². The third kappa shape index (κ3) is 3.37. The van der Waals surface area contributed by atoms with Crippen molar-refractivity contribution < 1.29 is 4.74 Å². The molecule has 3 rings (SSSR count). The molecule has 0 radical (unpaired) electrons. The van der Waals surface area contributed by atoms with Gasteiger partial charge in [-0.15, -0.1) is 0 Å². The molecule has 1 aliphatic heterocycles. The Balaban J connectivity index is 1.67. The maximum absolute atomic E-state index is 5.88. The van der Waals surface area contributed by atoms with Crippen LogP contribution in [0.4, 0.5) is 0 Å². The third-order valence-electron chi connectivity index (χ3n) is 4.70. The standard InChI is InChI=1S/C17H24BrNO/c1-12-4-5-13(9-12)11-19-16-3-2-8-20-17-10-14(18)6-7-15(16)17/h6-7,10,12-13,16,19H,2-5,8-9,11H2,1H3. The van der Waals surface area contributed by atoms with Gasteiger partial charge < -0.3 is 10.1 Å². The zero-order valence-corrected chi connectivity index (χ0v) is 13.8. The first-order valence-corrected chi connectivity index (χ1v) is 8.67. The van der Waals surface area contributed by atoms with Gasteiger partial charge >= 0.3 is 0 Å². The van der Waals surface area contributed by atoms with Crippen LogP contribution >= 0.6 is 15.9 Å². The summed E-state index contributed by atoms with van der Waals surface area (Å²) in [6, 6.07) is 6.89. The molecule has 3 unspecified atom stereocenters. The van der Waals surface area contributed by atoms with E-state index in [1.807, 2.05) is 0 Å². The van der Waals surface area contributed by atoms with Crippen molar-refractivity contribution in [2.24, 2.45) is 11.8 Å². The fraction of sp³-hybridized carbons (Fsp3) is 0.647. The summed E-state index contributed by atoms with van der Waals surface area (Å²) >= 11 is 3.53. The van der Waals surface area contributed by atoms with E-state index in [-0.39, 0.29) is 0 Å². The van der Waals surface area contributed by atoms with Gasteiger partial charge in [0.2, 0.25) is 0 Å². The van der Waals surface area contributed by atoms with Crippen LogP contribution in [0.25, 0.3) is 0 Å². The Morgan fingerprint density at radius 2 is 2.20 bits per heavy atom. The van der Waals surface area contributed by atoms with Crippen molar-refractivity contribution in [2.75, 3.05) is 13.2 Å². The highest BCUT2D eigenvalue weighted by Crippen LogP contribution is 2.35. The lowest BCUT2D eigenvalue weighted by Gasteiger charge is -2.21. The van der Waals surface area contributed by atoms with E-state index in [0.717, 1.165) is 41.6 Å². The average molecular weight is 338 g/mol. The lowest BCUT2D eigenvalue weighted by Crippen LogP contribution is -2.26. The molecule has 0 aromatic heterocycles. The fourth-order valence-electron chi connectivity index (χ4n) is 3.58. The molecule has 1 aromatic carbocycles. The van der Waals surface area contributed by atoms with Gasteiger partial charge in [0, 0.05) is 16.1 Å². The smallest absolute Gasteiger partial charge is 0.125 e. The van der Waals surface area contributed by atoms with Gasteiger partial charge in [0.1, 0.15) is 5.75 Å². The summed E-state index contributed by atoms with van der Waals surface area (Å²) in [5, 5.41) is 3.80. The van der Waals surface area contributed by atoms with Crippen LogP contribution in [0, 0.1) is 11.8 Å². The maximum Gasteiger partial charge on any atom is 0.125 e. The summed E-state index contributed by atoms with van der Waals surface area (Å²) in [7, 11) is 0. The summed E-state index contributed by atoms with van der Waals surface area (Å²) in [6.45, 7) is 4.37. The topological polar surface area (TPSA) is 21.3 Å². The van der Waals surface area contributed by atoms with Crippen LogP contribution in [0.15, 0.2) is 22.7 Å². The van der Waals surface area contributed by atoms with Crippen LogP contribution in [0.2, 0.25) is 0 Å². The van der Waals surface area contributed by atoms with Gasteiger partial charge in [0.05, 0.1) is 6.61 Å². The first kappa shape index (κ1) is 14.4. The number of hydrogen-bond acceptors (Lipinski definition) is 2. The SMILES string of the molecule is CC1CCC(CNC2CCCOc3cc(Br)ccc32)C1. The molecular weight excluding hydrogens is 314 g/mol. The van der Waals surface area contributed by atoms with Crippen molar-refractivity contribution in [1.29, 1.82) is 0 Å². The van der Waals surface area contributed by atoms with E-state index >= 15 is 0 Å². The predicted octanol–water partition coefficient (Wildman–Crippen LogP) is 4.69. The van der Waals surface area contributed by atoms with Crippen molar-refractivity contribution in [3.8, 4) is 5.75 Å². The van der Waals surface area contributed by atoms with E-state index in [0.29, 0.717) is 6.04 Å². The molecule has 20 heavy (non-hydrogen) atoms. The minimum atomic E-state index is 0.455. The molecular formula is C17H24BrNO. The first-order chi connectivity index (χ1) is 9.72. The summed E-state index contributed by atoms with van der Waals surface area (Å²) in [5.41, 5.74) is 1.33. The highest BCUT2D eigenvalue weighted by molar-refractivity contribution is 9.10. The number of ether oxygens (including phenoxy) is 1. The van der Waals surface area contributed by atoms with E-state index in [4.69, 9.17) is 4.74 Å². The Morgan fingerprint density at radius 3 is 3.00 bits per heavy atom. The summed E-state index contributed by atoms with van der Waals surface area (Å²) in [4.78, 5) is 0. The van der Waals surface area contributed by atoms with Crippen molar-refractivity contribution in [1.82, 2.24) is 5.32 Å². The van der Waals surface area contributed by atoms with Crippen LogP contribution in [0.1, 0.15) is 50.6 Å². The van der Waals surface area contributed by atoms with Gasteiger partial charge in [-0.25, -0.2) is 0 Å². The highest BCUT2D eigenvalue weighted by Gasteiger charge is 2.24. The molecule has 0 bridgehead atoms. The van der Waals surface area contributed by atoms with Crippen molar-refractivity contribution >= 4 is 15.9 Å². The summed E-state index contributed by atoms with van der Waals surface area (Å²) < 4.78 is 6.98. The first-order valence-electron chi connectivity index (χ1n) is 7.88. The second kappa shape index (κ2) is 6.48. The Labute approximate surface area is 130 Å². The minimum Gasteiger partial charge on any atom is -0.493 e. The van der Waals surface area contributed by atoms with E-state index < -0.39 is 0 Å². The zero-order chi connectivity index (χ0) is 13.9.